The van der Waals surface area contributed by atoms with E-state index in [-0.39, 0.29) is 56.2 Å². The molecule has 7 heterocycles. The second kappa shape index (κ2) is 28.4. The molecule has 4 aromatic carbocycles. The van der Waals surface area contributed by atoms with Gasteiger partial charge in [-0.1, -0.05) is 137 Å². The molecule has 7 aromatic rings. The Bertz CT molecular complexity index is 3460. The third kappa shape index (κ3) is 14.8. The van der Waals surface area contributed by atoms with Gasteiger partial charge in [-0.3, -0.25) is 48.5 Å². The Morgan fingerprint density at radius 2 is 0.795 bits per heavy atom. The van der Waals surface area contributed by atoms with Crippen molar-refractivity contribution in [2.75, 3.05) is 58.9 Å². The lowest BCUT2D eigenvalue weighted by atomic mass is 9.85. The van der Waals surface area contributed by atoms with E-state index in [1.807, 2.05) is 79.0 Å². The van der Waals surface area contributed by atoms with Crippen LogP contribution in [0.4, 0.5) is 0 Å². The zero-order valence-corrected chi connectivity index (χ0v) is 50.0. The molecule has 0 unspecified atom stereocenters. The number of nitrogens with zero attached hydrogens (tertiary/aromatic N) is 15. The molecule has 11 rings (SSSR count). The van der Waals surface area contributed by atoms with Gasteiger partial charge in [0.1, 0.15) is 33.7 Å². The maximum atomic E-state index is 15.1. The summed E-state index contributed by atoms with van der Waals surface area (Å²) in [5.41, 5.74) is 3.03. The summed E-state index contributed by atoms with van der Waals surface area (Å²) in [6.07, 6.45) is 9.65. The molecule has 88 heavy (non-hydrogen) atoms. The van der Waals surface area contributed by atoms with Gasteiger partial charge in [-0.15, -0.1) is 15.3 Å². The number of likely N-dealkylation sites (tertiary alicyclic amines) is 3. The van der Waals surface area contributed by atoms with Gasteiger partial charge in [0, 0.05) is 91.2 Å². The predicted molar refractivity (Wildman–Crippen MR) is 330 cm³/mol. The van der Waals surface area contributed by atoms with Crippen LogP contribution in [0.15, 0.2) is 157 Å². The lowest BCUT2D eigenvalue weighted by Gasteiger charge is -2.45. The zero-order chi connectivity index (χ0) is 60.8. The average molecular weight is 1190 g/mol. The summed E-state index contributed by atoms with van der Waals surface area (Å²) in [5.74, 6) is 6.08. The molecule has 24 heteroatoms. The van der Waals surface area contributed by atoms with Crippen molar-refractivity contribution in [1.29, 1.82) is 0 Å². The van der Waals surface area contributed by atoms with Gasteiger partial charge in [-0.05, 0) is 67.5 Å². The number of piperidine rings is 3. The summed E-state index contributed by atoms with van der Waals surface area (Å²) < 4.78 is 5.05. The smallest absolute Gasteiger partial charge is 0.248 e. The van der Waals surface area contributed by atoms with Crippen molar-refractivity contribution in [3.8, 4) is 0 Å². The molecule has 3 saturated heterocycles. The van der Waals surface area contributed by atoms with Crippen LogP contribution < -0.4 is 27.1 Å². The largest absolute Gasteiger partial charge is 0.350 e. The number of aliphatic imine (C=N–C) groups is 1. The van der Waals surface area contributed by atoms with Gasteiger partial charge in [-0.2, -0.15) is 0 Å². The van der Waals surface area contributed by atoms with Gasteiger partial charge in [0.15, 0.2) is 0 Å². The van der Waals surface area contributed by atoms with Gasteiger partial charge in [0.25, 0.3) is 0 Å². The zero-order valence-electron chi connectivity index (χ0n) is 50.0. The molecule has 0 saturated carbocycles. The van der Waals surface area contributed by atoms with E-state index in [2.05, 4.69) is 132 Å². The second-order valence-corrected chi connectivity index (χ2v) is 23.7. The molecule has 4 aliphatic heterocycles. The molecule has 4 amide bonds. The highest BCUT2D eigenvalue weighted by Crippen LogP contribution is 2.34. The normalized spacial score (nSPS) is 20.6. The number of hydrogen-bond acceptors (Lipinski definition) is 17. The maximum Gasteiger partial charge on any atom is 0.248 e. The van der Waals surface area contributed by atoms with Gasteiger partial charge >= 0.3 is 0 Å². The fourth-order valence-corrected chi connectivity index (χ4v) is 12.5. The predicted octanol–water partition coefficient (Wildman–Crippen LogP) is 3.47. The van der Waals surface area contributed by atoms with Crippen molar-refractivity contribution in [1.82, 2.24) is 90.9 Å². The maximum absolute atomic E-state index is 15.1. The molecule has 6 N–H and O–H groups in total. The number of hydrogen-bond donors (Lipinski definition) is 5. The molecule has 3 spiro atoms. The van der Waals surface area contributed by atoms with Crippen LogP contribution in [-0.4, -0.2) is 164 Å². The van der Waals surface area contributed by atoms with Gasteiger partial charge in [0.2, 0.25) is 23.6 Å². The van der Waals surface area contributed by atoms with Crippen LogP contribution in [0.3, 0.4) is 0 Å². The van der Waals surface area contributed by atoms with Crippen molar-refractivity contribution in [3.63, 3.8) is 0 Å². The lowest BCUT2D eigenvalue weighted by molar-refractivity contribution is -0.136. The first-order valence-electron chi connectivity index (χ1n) is 30.6. The van der Waals surface area contributed by atoms with E-state index in [9.17, 15) is 14.4 Å². The minimum Gasteiger partial charge on any atom is -0.350 e. The Kier molecular flexibility index (Phi) is 19.6. The highest BCUT2D eigenvalue weighted by atomic mass is 16.2. The number of amides is 4. The van der Waals surface area contributed by atoms with Crippen LogP contribution in [0.5, 0.6) is 0 Å². The molecule has 0 atom stereocenters. The molecule has 24 nitrogen and oxygen atoms in total. The summed E-state index contributed by atoms with van der Waals surface area (Å²) in [6, 6.07) is 40.8. The Balaban J connectivity index is 0.873. The van der Waals surface area contributed by atoms with Crippen LogP contribution in [0.2, 0.25) is 0 Å². The molecular weight excluding hydrogens is 1110 g/mol. The van der Waals surface area contributed by atoms with Crippen LogP contribution in [0.1, 0.15) is 84.3 Å². The Labute approximate surface area is 513 Å². The topological polar surface area (TPSA) is 263 Å². The summed E-state index contributed by atoms with van der Waals surface area (Å²) in [7, 11) is 0. The molecule has 6 bridgehead atoms. The summed E-state index contributed by atoms with van der Waals surface area (Å²) in [6.45, 7) is 11.9. The second-order valence-electron chi connectivity index (χ2n) is 23.7. The standard InChI is InChI=1S/C64H80N20O4/c1-66-54-38-68-60(87)63(25-32-79(33-26-63)44-52-18-10-4-11-19-52)84-49-57(73-76-84)41-70-61(88)64(27-34-80(35-28-64)45-53-20-12-5-13-21-53)83-48-56(72-75-83)39-67-58(85)22-29-77(42-50-14-6-2-7-15-50)36-37-81-46-55(71-74-81)40-69-59(86)62(82(65)47-54)23-30-78(31-24-62)43-51-16-8-3-9-17-51/h2-21,46-49H,1,22-45,65H2,(H,67,85)(H,68,87)(H,69,86)(H,70,88)/b54-47+. The van der Waals surface area contributed by atoms with Crippen molar-refractivity contribution >= 4 is 30.3 Å². The first kappa shape index (κ1) is 60.9. The van der Waals surface area contributed by atoms with Gasteiger partial charge < -0.3 is 26.3 Å². The Morgan fingerprint density at radius 3 is 1.23 bits per heavy atom. The van der Waals surface area contributed by atoms with Crippen LogP contribution in [0, 0.1) is 0 Å². The number of aromatic nitrogens is 9. The van der Waals surface area contributed by atoms with E-state index in [4.69, 9.17) is 5.84 Å². The first-order chi connectivity index (χ1) is 43.0. The highest BCUT2D eigenvalue weighted by molar-refractivity contribution is 5.87. The van der Waals surface area contributed by atoms with Crippen LogP contribution in [-0.2, 0) is 82.6 Å². The molecule has 3 aromatic heterocycles. The molecule has 460 valence electrons. The van der Waals surface area contributed by atoms with E-state index < -0.39 is 16.6 Å². The molecule has 4 aliphatic rings. The third-order valence-corrected chi connectivity index (χ3v) is 17.9. The Morgan fingerprint density at radius 1 is 0.432 bits per heavy atom. The molecule has 0 radical (unpaired) electrons. The molecule has 0 aliphatic carbocycles. The summed E-state index contributed by atoms with van der Waals surface area (Å²) >= 11 is 0. The minimum absolute atomic E-state index is 0.0309. The average Bonchev–Trinajstić information content (AvgIpc) is 2.31. The van der Waals surface area contributed by atoms with Crippen molar-refractivity contribution < 1.29 is 19.2 Å². The van der Waals surface area contributed by atoms with Crippen molar-refractivity contribution in [3.05, 3.63) is 191 Å². The number of nitrogens with one attached hydrogen (secondary N) is 4. The van der Waals surface area contributed by atoms with Crippen LogP contribution >= 0.6 is 0 Å². The van der Waals surface area contributed by atoms with E-state index in [1.54, 1.807) is 32.6 Å². The number of fused-ring (bicyclic) bond motifs is 8. The minimum atomic E-state index is -1.21. The van der Waals surface area contributed by atoms with E-state index in [0.29, 0.717) is 133 Å². The molecule has 3 fully saturated rings. The fourth-order valence-electron chi connectivity index (χ4n) is 12.5. The van der Waals surface area contributed by atoms with E-state index in [1.165, 1.54) is 21.7 Å². The lowest BCUT2D eigenvalue weighted by Crippen LogP contribution is -2.63. The first-order valence-corrected chi connectivity index (χ1v) is 30.6. The summed E-state index contributed by atoms with van der Waals surface area (Å²) in [5, 5.41) is 41.1. The number of carbonyl (C=O) groups excluding carboxylic acids is 4. The number of benzene rings is 4. The number of nitrogens with two attached hydrogens (primary N) is 1. The number of carbonyl (C=O) groups is 4. The number of rotatable bonds is 9. The molecular formula is C64H80N20O4. The summed E-state index contributed by atoms with van der Waals surface area (Å²) in [4.78, 5) is 72.0. The monoisotopic (exact) mass is 1190 g/mol. The fraction of sp³-hybridized carbons (Fsp3) is 0.422. The van der Waals surface area contributed by atoms with Crippen LogP contribution in [0.25, 0.3) is 0 Å². The quantitative estimate of drug-likeness (QED) is 0.102. The van der Waals surface area contributed by atoms with Gasteiger partial charge in [0.05, 0.1) is 57.0 Å². The van der Waals surface area contributed by atoms with E-state index in [0.717, 1.165) is 18.7 Å². The Hall–Kier alpha value is -8.81. The SMILES string of the molecule is C=N/C1=C/N(N)C2(CCN(Cc3ccccc3)CC2)C(=O)NCc2cn(nn2)CCN(Cc2ccccc2)CCC(=O)NCc2cn(nn2)C2(CCN(Cc3ccccc3)CC2)C(=O)NCc2cn(nn2)C2(CCN(Cc3ccccc3)CC2)C(=O)NC1. The third-order valence-electron chi connectivity index (χ3n) is 17.9. The highest BCUT2D eigenvalue weighted by Gasteiger charge is 2.48. The number of hydrazine groups is 1. The van der Waals surface area contributed by atoms with E-state index >= 15 is 4.79 Å². The van der Waals surface area contributed by atoms with Gasteiger partial charge in [-0.25, -0.2) is 15.2 Å². The van der Waals surface area contributed by atoms with Crippen molar-refractivity contribution in [2.45, 2.75) is 114 Å². The van der Waals surface area contributed by atoms with Crippen molar-refractivity contribution in [2.24, 2.45) is 10.8 Å².